The minimum atomic E-state index is -0.235. The summed E-state index contributed by atoms with van der Waals surface area (Å²) in [5.74, 6) is 0.557. The summed E-state index contributed by atoms with van der Waals surface area (Å²) >= 11 is 3.01. The van der Waals surface area contributed by atoms with E-state index in [0.717, 1.165) is 37.1 Å². The number of methoxy groups -OCH3 is 1. The quantitative estimate of drug-likeness (QED) is 0.456. The number of hydrogen-bond acceptors (Lipinski definition) is 7. The molecule has 6 nitrogen and oxygen atoms in total. The standard InChI is InChI=1S/C21H19N3O3S2/c1-13-20(14-7-9-15(26-2)10-8-14)24-21(28-13)23-18(25)11-27-12-19-22-16-5-3-4-6-17(16)29-19/h3-10H,11-12H2,1-2H3,(H,23,24,25). The number of aryl methyl sites for hydroxylation is 1. The number of thiazole rings is 2. The Morgan fingerprint density at radius 2 is 1.86 bits per heavy atom. The minimum Gasteiger partial charge on any atom is -0.497 e. The monoisotopic (exact) mass is 425 g/mol. The number of nitrogens with one attached hydrogen (secondary N) is 1. The highest BCUT2D eigenvalue weighted by Gasteiger charge is 2.13. The summed E-state index contributed by atoms with van der Waals surface area (Å²) < 4.78 is 11.8. The number of amides is 1. The maximum atomic E-state index is 12.2. The Balaban J connectivity index is 1.33. The Labute approximate surface area is 176 Å². The van der Waals surface area contributed by atoms with Crippen molar-refractivity contribution in [3.05, 3.63) is 58.4 Å². The molecule has 0 aliphatic heterocycles. The van der Waals surface area contributed by atoms with E-state index in [-0.39, 0.29) is 12.5 Å². The molecule has 0 unspecified atom stereocenters. The Hall–Kier alpha value is -2.81. The summed E-state index contributed by atoms with van der Waals surface area (Å²) in [6.07, 6.45) is 0. The van der Waals surface area contributed by atoms with Crippen molar-refractivity contribution >= 4 is 43.9 Å². The number of carbonyl (C=O) groups is 1. The van der Waals surface area contributed by atoms with E-state index in [2.05, 4.69) is 15.3 Å². The minimum absolute atomic E-state index is 0.0492. The van der Waals surface area contributed by atoms with Gasteiger partial charge in [-0.25, -0.2) is 9.97 Å². The Morgan fingerprint density at radius 1 is 1.07 bits per heavy atom. The fraction of sp³-hybridized carbons (Fsp3) is 0.190. The Kier molecular flexibility index (Phi) is 5.84. The molecule has 8 heteroatoms. The fourth-order valence-corrected chi connectivity index (χ4v) is 4.59. The lowest BCUT2D eigenvalue weighted by atomic mass is 10.1. The van der Waals surface area contributed by atoms with Crippen molar-refractivity contribution in [2.75, 3.05) is 19.0 Å². The molecule has 0 aliphatic rings. The molecule has 29 heavy (non-hydrogen) atoms. The second-order valence-corrected chi connectivity index (χ2v) is 8.59. The Bertz CT molecular complexity index is 1100. The third-order valence-electron chi connectivity index (χ3n) is 4.20. The van der Waals surface area contributed by atoms with Gasteiger partial charge in [0.1, 0.15) is 17.4 Å². The van der Waals surface area contributed by atoms with Gasteiger partial charge in [-0.1, -0.05) is 12.1 Å². The lowest BCUT2D eigenvalue weighted by Crippen LogP contribution is -2.18. The van der Waals surface area contributed by atoms with Crippen molar-refractivity contribution in [1.82, 2.24) is 9.97 Å². The molecule has 4 rings (SSSR count). The van der Waals surface area contributed by atoms with Crippen molar-refractivity contribution in [2.24, 2.45) is 0 Å². The SMILES string of the molecule is COc1ccc(-c2nc(NC(=O)COCc3nc4ccccc4s3)sc2C)cc1. The summed E-state index contributed by atoms with van der Waals surface area (Å²) in [6, 6.07) is 15.6. The van der Waals surface area contributed by atoms with E-state index < -0.39 is 0 Å². The summed E-state index contributed by atoms with van der Waals surface area (Å²) in [5, 5.41) is 4.22. The molecule has 2 heterocycles. The van der Waals surface area contributed by atoms with E-state index in [9.17, 15) is 4.79 Å². The molecule has 0 atom stereocenters. The molecular weight excluding hydrogens is 406 g/mol. The van der Waals surface area contributed by atoms with E-state index in [4.69, 9.17) is 9.47 Å². The molecule has 2 aromatic heterocycles. The first kappa shape index (κ1) is 19.5. The van der Waals surface area contributed by atoms with Crippen molar-refractivity contribution in [1.29, 1.82) is 0 Å². The molecule has 148 valence electrons. The third-order valence-corrected chi connectivity index (χ3v) is 6.10. The first-order valence-electron chi connectivity index (χ1n) is 8.96. The van der Waals surface area contributed by atoms with E-state index in [0.29, 0.717) is 11.7 Å². The van der Waals surface area contributed by atoms with Gasteiger partial charge in [0.25, 0.3) is 5.91 Å². The number of fused-ring (bicyclic) bond motifs is 1. The summed E-state index contributed by atoms with van der Waals surface area (Å²) in [6.45, 7) is 2.24. The average molecular weight is 426 g/mol. The van der Waals surface area contributed by atoms with Gasteiger partial charge in [-0.05, 0) is 43.3 Å². The van der Waals surface area contributed by atoms with Crippen LogP contribution in [-0.2, 0) is 16.1 Å². The van der Waals surface area contributed by atoms with Gasteiger partial charge in [0, 0.05) is 10.4 Å². The molecule has 1 amide bonds. The van der Waals surface area contributed by atoms with Crippen LogP contribution in [0, 0.1) is 6.92 Å². The predicted octanol–water partition coefficient (Wildman–Crippen LogP) is 4.89. The van der Waals surface area contributed by atoms with Crippen molar-refractivity contribution in [2.45, 2.75) is 13.5 Å². The molecule has 4 aromatic rings. The number of para-hydroxylation sites is 1. The van der Waals surface area contributed by atoms with Crippen molar-refractivity contribution in [3.63, 3.8) is 0 Å². The van der Waals surface area contributed by atoms with Crippen molar-refractivity contribution < 1.29 is 14.3 Å². The van der Waals surface area contributed by atoms with Crippen LogP contribution < -0.4 is 10.1 Å². The van der Waals surface area contributed by atoms with E-state index in [1.807, 2.05) is 55.5 Å². The first-order valence-corrected chi connectivity index (χ1v) is 10.6. The van der Waals surface area contributed by atoms with Crippen molar-refractivity contribution in [3.8, 4) is 17.0 Å². The maximum absolute atomic E-state index is 12.2. The van der Waals surface area contributed by atoms with Crippen LogP contribution in [0.5, 0.6) is 5.75 Å². The molecule has 2 aromatic carbocycles. The number of ether oxygens (including phenoxy) is 2. The van der Waals surface area contributed by atoms with E-state index >= 15 is 0 Å². The molecule has 0 aliphatic carbocycles. The van der Waals surface area contributed by atoms with Crippen LogP contribution in [0.1, 0.15) is 9.88 Å². The van der Waals surface area contributed by atoms with Crippen LogP contribution in [0.25, 0.3) is 21.5 Å². The number of anilines is 1. The normalized spacial score (nSPS) is 11.0. The molecule has 0 bridgehead atoms. The summed E-state index contributed by atoms with van der Waals surface area (Å²) in [7, 11) is 1.63. The molecule has 0 spiro atoms. The predicted molar refractivity (Wildman–Crippen MR) is 117 cm³/mol. The van der Waals surface area contributed by atoms with E-state index in [1.165, 1.54) is 11.3 Å². The van der Waals surface area contributed by atoms with Crippen LogP contribution >= 0.6 is 22.7 Å². The van der Waals surface area contributed by atoms with Gasteiger partial charge in [0.15, 0.2) is 5.13 Å². The van der Waals surface area contributed by atoms with Crippen LogP contribution in [-0.4, -0.2) is 29.6 Å². The van der Waals surface area contributed by atoms with Gasteiger partial charge in [-0.15, -0.1) is 22.7 Å². The molecule has 0 radical (unpaired) electrons. The van der Waals surface area contributed by atoms with E-state index in [1.54, 1.807) is 18.4 Å². The Morgan fingerprint density at radius 3 is 2.62 bits per heavy atom. The van der Waals surface area contributed by atoms with Gasteiger partial charge in [-0.2, -0.15) is 0 Å². The molecule has 1 N–H and O–H groups in total. The van der Waals surface area contributed by atoms with Gasteiger partial charge in [-0.3, -0.25) is 10.1 Å². The average Bonchev–Trinajstić information content (AvgIpc) is 3.30. The number of rotatable bonds is 7. The largest absolute Gasteiger partial charge is 0.497 e. The topological polar surface area (TPSA) is 73.3 Å². The van der Waals surface area contributed by atoms with Gasteiger partial charge in [0.05, 0.1) is 29.6 Å². The maximum Gasteiger partial charge on any atom is 0.252 e. The second-order valence-electron chi connectivity index (χ2n) is 6.27. The van der Waals surface area contributed by atoms with Crippen LogP contribution in [0.15, 0.2) is 48.5 Å². The fourth-order valence-electron chi connectivity index (χ4n) is 2.83. The highest BCUT2D eigenvalue weighted by Crippen LogP contribution is 2.31. The molecule has 0 fully saturated rings. The molecule has 0 saturated heterocycles. The number of hydrogen-bond donors (Lipinski definition) is 1. The summed E-state index contributed by atoms with van der Waals surface area (Å²) in [4.78, 5) is 22.3. The zero-order valence-corrected chi connectivity index (χ0v) is 17.6. The number of aromatic nitrogens is 2. The highest BCUT2D eigenvalue weighted by atomic mass is 32.1. The summed E-state index contributed by atoms with van der Waals surface area (Å²) in [5.41, 5.74) is 2.78. The van der Waals surface area contributed by atoms with Crippen LogP contribution in [0.2, 0.25) is 0 Å². The van der Waals surface area contributed by atoms with Gasteiger partial charge >= 0.3 is 0 Å². The van der Waals surface area contributed by atoms with Gasteiger partial charge in [0.2, 0.25) is 0 Å². The molecule has 0 saturated carbocycles. The van der Waals surface area contributed by atoms with Crippen LogP contribution in [0.3, 0.4) is 0 Å². The van der Waals surface area contributed by atoms with Gasteiger partial charge < -0.3 is 9.47 Å². The first-order chi connectivity index (χ1) is 14.1. The van der Waals surface area contributed by atoms with Crippen LogP contribution in [0.4, 0.5) is 5.13 Å². The zero-order chi connectivity index (χ0) is 20.2. The zero-order valence-electron chi connectivity index (χ0n) is 16.0. The smallest absolute Gasteiger partial charge is 0.252 e. The molecular formula is C21H19N3O3S2. The number of nitrogens with zero attached hydrogens (tertiary/aromatic N) is 2. The third kappa shape index (κ3) is 4.61. The lowest BCUT2D eigenvalue weighted by molar-refractivity contribution is -0.121. The highest BCUT2D eigenvalue weighted by molar-refractivity contribution is 7.18. The number of benzene rings is 2. The number of carbonyl (C=O) groups excluding carboxylic acids is 1. The lowest BCUT2D eigenvalue weighted by Gasteiger charge is -2.03. The second kappa shape index (κ2) is 8.69.